The average Bonchev–Trinajstić information content (AvgIpc) is 2.78. The van der Waals surface area contributed by atoms with Crippen LogP contribution in [0, 0.1) is 0 Å². The molecule has 0 bridgehead atoms. The minimum atomic E-state index is 0.305. The van der Waals surface area contributed by atoms with Crippen molar-refractivity contribution in [1.29, 1.82) is 0 Å². The van der Waals surface area contributed by atoms with Crippen molar-refractivity contribution in [2.75, 3.05) is 41.9 Å². The molecule has 0 aliphatic carbocycles. The van der Waals surface area contributed by atoms with E-state index in [9.17, 15) is 0 Å². The van der Waals surface area contributed by atoms with Gasteiger partial charge < -0.3 is 15.0 Å². The van der Waals surface area contributed by atoms with Crippen molar-refractivity contribution >= 4 is 52.9 Å². The Morgan fingerprint density at radius 1 is 0.933 bits per heavy atom. The van der Waals surface area contributed by atoms with Crippen LogP contribution in [0.2, 0.25) is 10.0 Å². The van der Waals surface area contributed by atoms with E-state index in [4.69, 9.17) is 27.9 Å². The van der Waals surface area contributed by atoms with Gasteiger partial charge in [-0.15, -0.1) is 0 Å². The molecule has 2 N–H and O–H groups in total. The van der Waals surface area contributed by atoms with Crippen molar-refractivity contribution in [3.8, 4) is 0 Å². The first kappa shape index (κ1) is 20.3. The average molecular weight is 444 g/mol. The maximum absolute atomic E-state index is 6.20. The van der Waals surface area contributed by atoms with Crippen molar-refractivity contribution in [3.05, 3.63) is 64.1 Å². The molecule has 1 saturated heterocycles. The van der Waals surface area contributed by atoms with Gasteiger partial charge in [0, 0.05) is 24.3 Å². The van der Waals surface area contributed by atoms with Crippen LogP contribution in [0.1, 0.15) is 5.56 Å². The first-order valence-corrected chi connectivity index (χ1v) is 10.1. The van der Waals surface area contributed by atoms with Gasteiger partial charge >= 0.3 is 0 Å². The number of rotatable bonds is 6. The quantitative estimate of drug-likeness (QED) is 0.435. The Bertz CT molecular complexity index is 1030. The second-order valence-electron chi connectivity index (χ2n) is 6.39. The maximum Gasteiger partial charge on any atom is 0.250 e. The molecule has 0 atom stereocenters. The number of hydrogen-bond donors (Lipinski definition) is 2. The monoisotopic (exact) mass is 443 g/mol. The molecule has 0 spiro atoms. The fourth-order valence-electron chi connectivity index (χ4n) is 2.81. The number of aromatic nitrogens is 3. The van der Waals surface area contributed by atoms with Crippen molar-refractivity contribution < 1.29 is 4.74 Å². The Morgan fingerprint density at radius 2 is 1.70 bits per heavy atom. The lowest BCUT2D eigenvalue weighted by Crippen LogP contribution is -2.37. The van der Waals surface area contributed by atoms with Gasteiger partial charge in [0.15, 0.2) is 0 Å². The minimum absolute atomic E-state index is 0.305. The molecular formula is C20H19Cl2N7O. The van der Waals surface area contributed by atoms with E-state index in [0.29, 0.717) is 59.8 Å². The van der Waals surface area contributed by atoms with Gasteiger partial charge in [-0.1, -0.05) is 53.5 Å². The van der Waals surface area contributed by atoms with Crippen LogP contribution in [-0.4, -0.2) is 47.5 Å². The summed E-state index contributed by atoms with van der Waals surface area (Å²) in [7, 11) is 0. The number of ether oxygens (including phenoxy) is 1. The first-order valence-electron chi connectivity index (χ1n) is 9.33. The maximum atomic E-state index is 6.20. The van der Waals surface area contributed by atoms with Gasteiger partial charge in [0.2, 0.25) is 17.8 Å². The van der Waals surface area contributed by atoms with E-state index < -0.39 is 0 Å². The third kappa shape index (κ3) is 5.15. The molecule has 1 aromatic heterocycles. The highest BCUT2D eigenvalue weighted by molar-refractivity contribution is 6.43. The van der Waals surface area contributed by atoms with Gasteiger partial charge in [-0.2, -0.15) is 20.1 Å². The van der Waals surface area contributed by atoms with E-state index >= 15 is 0 Å². The molecule has 30 heavy (non-hydrogen) atoms. The minimum Gasteiger partial charge on any atom is -0.378 e. The molecule has 8 nitrogen and oxygen atoms in total. The van der Waals surface area contributed by atoms with E-state index in [1.807, 2.05) is 41.3 Å². The van der Waals surface area contributed by atoms with Gasteiger partial charge in [0.25, 0.3) is 0 Å². The number of anilines is 4. The largest absolute Gasteiger partial charge is 0.378 e. The van der Waals surface area contributed by atoms with Gasteiger partial charge in [0.1, 0.15) is 0 Å². The Kier molecular flexibility index (Phi) is 6.58. The van der Waals surface area contributed by atoms with Gasteiger partial charge in [-0.25, -0.2) is 5.43 Å². The van der Waals surface area contributed by atoms with E-state index in [-0.39, 0.29) is 0 Å². The van der Waals surface area contributed by atoms with Crippen LogP contribution in [0.5, 0.6) is 0 Å². The van der Waals surface area contributed by atoms with E-state index in [2.05, 4.69) is 30.8 Å². The molecule has 0 amide bonds. The van der Waals surface area contributed by atoms with Gasteiger partial charge in [-0.05, 0) is 18.2 Å². The molecular weight excluding hydrogens is 425 g/mol. The van der Waals surface area contributed by atoms with Gasteiger partial charge in [-0.3, -0.25) is 0 Å². The topological polar surface area (TPSA) is 87.6 Å². The number of morpholine rings is 1. The van der Waals surface area contributed by atoms with Crippen molar-refractivity contribution in [3.63, 3.8) is 0 Å². The van der Waals surface area contributed by atoms with Crippen molar-refractivity contribution in [2.24, 2.45) is 5.10 Å². The molecule has 2 aromatic carbocycles. The molecule has 4 rings (SSSR count). The van der Waals surface area contributed by atoms with Crippen molar-refractivity contribution in [1.82, 2.24) is 15.0 Å². The molecule has 1 aliphatic heterocycles. The smallest absolute Gasteiger partial charge is 0.250 e. The summed E-state index contributed by atoms with van der Waals surface area (Å²) in [6, 6.07) is 15.0. The predicted octanol–water partition coefficient (Wildman–Crippen LogP) is 4.20. The van der Waals surface area contributed by atoms with E-state index in [1.54, 1.807) is 18.3 Å². The highest BCUT2D eigenvalue weighted by atomic mass is 35.5. The summed E-state index contributed by atoms with van der Waals surface area (Å²) in [5.41, 5.74) is 4.41. The summed E-state index contributed by atoms with van der Waals surface area (Å²) in [6.45, 7) is 2.66. The molecule has 154 valence electrons. The fourth-order valence-corrected chi connectivity index (χ4v) is 3.16. The Hall–Kier alpha value is -2.94. The summed E-state index contributed by atoms with van der Waals surface area (Å²) >= 11 is 12.2. The zero-order chi connectivity index (χ0) is 20.8. The highest BCUT2D eigenvalue weighted by Crippen LogP contribution is 2.24. The number of nitrogens with zero attached hydrogens (tertiary/aromatic N) is 5. The number of para-hydroxylation sites is 1. The Balaban J connectivity index is 1.58. The third-order valence-corrected chi connectivity index (χ3v) is 5.13. The molecule has 1 fully saturated rings. The Labute approximate surface area is 183 Å². The SMILES string of the molecule is Clc1cccc(/C=N\Nc2nc(Nc3ccccc3)nc(N3CCOCC3)n2)c1Cl. The first-order chi connectivity index (χ1) is 14.7. The van der Waals surface area contributed by atoms with Crippen LogP contribution in [0.25, 0.3) is 0 Å². The van der Waals surface area contributed by atoms with Crippen LogP contribution in [0.3, 0.4) is 0 Å². The van der Waals surface area contributed by atoms with Crippen LogP contribution in [-0.2, 0) is 4.74 Å². The fraction of sp³-hybridized carbons (Fsp3) is 0.200. The standard InChI is InChI=1S/C20H19Cl2N7O/c21-16-8-4-5-14(17(16)22)13-23-28-19-25-18(24-15-6-2-1-3-7-15)26-20(27-19)29-9-11-30-12-10-29/h1-8,13H,9-12H2,(H2,24,25,26,27,28)/b23-13-. The second kappa shape index (κ2) is 9.71. The zero-order valence-corrected chi connectivity index (χ0v) is 17.4. The summed E-state index contributed by atoms with van der Waals surface area (Å²) in [5.74, 6) is 1.26. The zero-order valence-electron chi connectivity index (χ0n) is 15.9. The van der Waals surface area contributed by atoms with E-state index in [0.717, 1.165) is 5.69 Å². The van der Waals surface area contributed by atoms with Gasteiger partial charge in [0.05, 0.1) is 29.5 Å². The highest BCUT2D eigenvalue weighted by Gasteiger charge is 2.16. The molecule has 2 heterocycles. The van der Waals surface area contributed by atoms with E-state index in [1.165, 1.54) is 0 Å². The summed E-state index contributed by atoms with van der Waals surface area (Å²) in [5, 5.41) is 8.30. The molecule has 0 unspecified atom stereocenters. The summed E-state index contributed by atoms with van der Waals surface area (Å²) in [4.78, 5) is 15.5. The van der Waals surface area contributed by atoms with Crippen LogP contribution < -0.4 is 15.6 Å². The Morgan fingerprint density at radius 3 is 2.50 bits per heavy atom. The molecule has 1 aliphatic rings. The number of nitrogens with one attached hydrogen (secondary N) is 2. The predicted molar refractivity (Wildman–Crippen MR) is 120 cm³/mol. The summed E-state index contributed by atoms with van der Waals surface area (Å²) < 4.78 is 5.42. The lowest BCUT2D eigenvalue weighted by Gasteiger charge is -2.27. The lowest BCUT2D eigenvalue weighted by molar-refractivity contribution is 0.122. The van der Waals surface area contributed by atoms with Crippen LogP contribution in [0.15, 0.2) is 53.6 Å². The third-order valence-electron chi connectivity index (χ3n) is 4.30. The van der Waals surface area contributed by atoms with Crippen LogP contribution >= 0.6 is 23.2 Å². The molecule has 0 saturated carbocycles. The normalized spacial score (nSPS) is 14.1. The number of hydrazone groups is 1. The molecule has 3 aromatic rings. The molecule has 10 heteroatoms. The second-order valence-corrected chi connectivity index (χ2v) is 7.17. The number of hydrogen-bond acceptors (Lipinski definition) is 8. The number of benzene rings is 2. The number of halogens is 2. The molecule has 0 radical (unpaired) electrons. The van der Waals surface area contributed by atoms with Crippen molar-refractivity contribution in [2.45, 2.75) is 0 Å². The van der Waals surface area contributed by atoms with Crippen LogP contribution in [0.4, 0.5) is 23.5 Å². The summed E-state index contributed by atoms with van der Waals surface area (Å²) in [6.07, 6.45) is 1.57. The lowest BCUT2D eigenvalue weighted by atomic mass is 10.2.